The zero-order valence-corrected chi connectivity index (χ0v) is 13.4. The first kappa shape index (κ1) is 17.0. The highest BCUT2D eigenvalue weighted by atomic mass is 19.1. The number of halogens is 1. The SMILES string of the molecule is CCOc1ccc(NC(=O)CN(C)Cc2ccc(F)cc2)cc1. The Balaban J connectivity index is 1.82. The molecule has 5 heteroatoms. The van der Waals surface area contributed by atoms with Gasteiger partial charge >= 0.3 is 0 Å². The summed E-state index contributed by atoms with van der Waals surface area (Å²) in [6.07, 6.45) is 0. The van der Waals surface area contributed by atoms with Gasteiger partial charge < -0.3 is 10.1 Å². The molecule has 0 aromatic heterocycles. The summed E-state index contributed by atoms with van der Waals surface area (Å²) in [5.74, 6) is 0.419. The number of nitrogens with one attached hydrogen (secondary N) is 1. The molecule has 0 saturated carbocycles. The Hall–Kier alpha value is -2.40. The van der Waals surface area contributed by atoms with Crippen molar-refractivity contribution in [3.63, 3.8) is 0 Å². The summed E-state index contributed by atoms with van der Waals surface area (Å²) in [7, 11) is 1.85. The number of benzene rings is 2. The third-order valence-electron chi connectivity index (χ3n) is 3.23. The van der Waals surface area contributed by atoms with Crippen molar-refractivity contribution >= 4 is 11.6 Å². The lowest BCUT2D eigenvalue weighted by molar-refractivity contribution is -0.117. The van der Waals surface area contributed by atoms with Gasteiger partial charge in [-0.25, -0.2) is 4.39 Å². The molecule has 2 aromatic carbocycles. The largest absolute Gasteiger partial charge is 0.494 e. The molecule has 0 saturated heterocycles. The molecule has 0 unspecified atom stereocenters. The number of ether oxygens (including phenoxy) is 1. The van der Waals surface area contributed by atoms with E-state index < -0.39 is 0 Å². The molecule has 2 aromatic rings. The van der Waals surface area contributed by atoms with Gasteiger partial charge in [0.1, 0.15) is 11.6 Å². The average molecular weight is 316 g/mol. The van der Waals surface area contributed by atoms with Crippen LogP contribution in [0.25, 0.3) is 0 Å². The van der Waals surface area contributed by atoms with Gasteiger partial charge in [0, 0.05) is 12.2 Å². The van der Waals surface area contributed by atoms with Gasteiger partial charge in [-0.3, -0.25) is 9.69 Å². The number of hydrogen-bond donors (Lipinski definition) is 1. The second-order valence-corrected chi connectivity index (χ2v) is 5.30. The Labute approximate surface area is 135 Å². The minimum absolute atomic E-state index is 0.0984. The topological polar surface area (TPSA) is 41.6 Å². The molecule has 0 spiro atoms. The smallest absolute Gasteiger partial charge is 0.238 e. The van der Waals surface area contributed by atoms with Crippen molar-refractivity contribution in [2.45, 2.75) is 13.5 Å². The number of carbonyl (C=O) groups excluding carboxylic acids is 1. The van der Waals surface area contributed by atoms with Gasteiger partial charge in [0.05, 0.1) is 13.2 Å². The molecule has 1 amide bonds. The molecule has 0 aliphatic carbocycles. The lowest BCUT2D eigenvalue weighted by atomic mass is 10.2. The molecule has 4 nitrogen and oxygen atoms in total. The van der Waals surface area contributed by atoms with Crippen LogP contribution in [0.4, 0.5) is 10.1 Å². The maximum Gasteiger partial charge on any atom is 0.238 e. The monoisotopic (exact) mass is 316 g/mol. The van der Waals surface area contributed by atoms with E-state index in [1.165, 1.54) is 12.1 Å². The van der Waals surface area contributed by atoms with Crippen LogP contribution in [0.2, 0.25) is 0 Å². The number of carbonyl (C=O) groups is 1. The molecular formula is C18H21FN2O2. The molecule has 2 rings (SSSR count). The Morgan fingerprint density at radius 2 is 1.78 bits per heavy atom. The van der Waals surface area contributed by atoms with E-state index in [1.54, 1.807) is 12.1 Å². The van der Waals surface area contributed by atoms with E-state index in [4.69, 9.17) is 4.74 Å². The number of anilines is 1. The Kier molecular flexibility index (Phi) is 6.11. The van der Waals surface area contributed by atoms with Crippen LogP contribution in [-0.4, -0.2) is 31.0 Å². The van der Waals surface area contributed by atoms with Gasteiger partial charge in [-0.05, 0) is 55.9 Å². The summed E-state index contributed by atoms with van der Waals surface area (Å²) in [4.78, 5) is 13.9. The van der Waals surface area contributed by atoms with Crippen LogP contribution in [0.3, 0.4) is 0 Å². The fourth-order valence-electron chi connectivity index (χ4n) is 2.20. The van der Waals surface area contributed by atoms with Crippen LogP contribution in [0, 0.1) is 5.82 Å². The van der Waals surface area contributed by atoms with Crippen molar-refractivity contribution < 1.29 is 13.9 Å². The van der Waals surface area contributed by atoms with Crippen LogP contribution in [-0.2, 0) is 11.3 Å². The molecule has 0 radical (unpaired) electrons. The number of rotatable bonds is 7. The molecule has 0 aliphatic heterocycles. The number of nitrogens with zero attached hydrogens (tertiary/aromatic N) is 1. The fourth-order valence-corrected chi connectivity index (χ4v) is 2.20. The summed E-state index contributed by atoms with van der Waals surface area (Å²) >= 11 is 0. The number of amides is 1. The Bertz CT molecular complexity index is 626. The molecule has 0 fully saturated rings. The standard InChI is InChI=1S/C18H21FN2O2/c1-3-23-17-10-8-16(9-11-17)20-18(22)13-21(2)12-14-4-6-15(19)7-5-14/h4-11H,3,12-13H2,1-2H3,(H,20,22). The van der Waals surface area contributed by atoms with E-state index in [0.717, 1.165) is 17.0 Å². The maximum absolute atomic E-state index is 12.9. The average Bonchev–Trinajstić information content (AvgIpc) is 2.51. The highest BCUT2D eigenvalue weighted by Crippen LogP contribution is 2.15. The van der Waals surface area contributed by atoms with Gasteiger partial charge in [-0.2, -0.15) is 0 Å². The van der Waals surface area contributed by atoms with Crippen LogP contribution >= 0.6 is 0 Å². The molecule has 0 aliphatic rings. The minimum Gasteiger partial charge on any atom is -0.494 e. The maximum atomic E-state index is 12.9. The Morgan fingerprint density at radius 1 is 1.13 bits per heavy atom. The van der Waals surface area contributed by atoms with E-state index in [2.05, 4.69) is 5.32 Å². The second kappa shape index (κ2) is 8.29. The Morgan fingerprint density at radius 3 is 2.39 bits per heavy atom. The predicted molar refractivity (Wildman–Crippen MR) is 89.0 cm³/mol. The van der Waals surface area contributed by atoms with Gasteiger partial charge in [0.2, 0.25) is 5.91 Å². The quantitative estimate of drug-likeness (QED) is 0.852. The molecule has 1 N–H and O–H groups in total. The van der Waals surface area contributed by atoms with E-state index in [9.17, 15) is 9.18 Å². The van der Waals surface area contributed by atoms with Crippen LogP contribution < -0.4 is 10.1 Å². The number of likely N-dealkylation sites (N-methyl/N-ethyl adjacent to an activating group) is 1. The van der Waals surface area contributed by atoms with Gasteiger partial charge in [-0.15, -0.1) is 0 Å². The summed E-state index contributed by atoms with van der Waals surface area (Å²) in [6.45, 7) is 3.37. The lowest BCUT2D eigenvalue weighted by Gasteiger charge is -2.16. The summed E-state index contributed by atoms with van der Waals surface area (Å²) in [6, 6.07) is 13.5. The fraction of sp³-hybridized carbons (Fsp3) is 0.278. The van der Waals surface area contributed by atoms with Crippen molar-refractivity contribution in [3.05, 3.63) is 59.9 Å². The summed E-state index contributed by atoms with van der Waals surface area (Å²) < 4.78 is 18.2. The number of hydrogen-bond acceptors (Lipinski definition) is 3. The van der Waals surface area contributed by atoms with Crippen molar-refractivity contribution in [1.29, 1.82) is 0 Å². The normalized spacial score (nSPS) is 10.6. The molecule has 23 heavy (non-hydrogen) atoms. The van der Waals surface area contributed by atoms with Gasteiger partial charge in [0.15, 0.2) is 0 Å². The van der Waals surface area contributed by atoms with Crippen LogP contribution in [0.15, 0.2) is 48.5 Å². The van der Waals surface area contributed by atoms with Crippen LogP contribution in [0.5, 0.6) is 5.75 Å². The first-order valence-electron chi connectivity index (χ1n) is 7.52. The first-order chi connectivity index (χ1) is 11.1. The predicted octanol–water partition coefficient (Wildman–Crippen LogP) is 3.29. The van der Waals surface area contributed by atoms with Crippen molar-refractivity contribution in [3.8, 4) is 5.75 Å². The van der Waals surface area contributed by atoms with Gasteiger partial charge in [0.25, 0.3) is 0 Å². The van der Waals surface area contributed by atoms with Gasteiger partial charge in [-0.1, -0.05) is 12.1 Å². The molecule has 122 valence electrons. The van der Waals surface area contributed by atoms with Crippen molar-refractivity contribution in [2.24, 2.45) is 0 Å². The second-order valence-electron chi connectivity index (χ2n) is 5.30. The van der Waals surface area contributed by atoms with Crippen molar-refractivity contribution in [2.75, 3.05) is 25.5 Å². The minimum atomic E-state index is -0.260. The highest BCUT2D eigenvalue weighted by molar-refractivity contribution is 5.92. The lowest BCUT2D eigenvalue weighted by Crippen LogP contribution is -2.29. The van der Waals surface area contributed by atoms with E-state index in [-0.39, 0.29) is 18.3 Å². The third kappa shape index (κ3) is 5.71. The van der Waals surface area contributed by atoms with E-state index >= 15 is 0 Å². The summed E-state index contributed by atoms with van der Waals surface area (Å²) in [5, 5.41) is 2.84. The summed E-state index contributed by atoms with van der Waals surface area (Å²) in [5.41, 5.74) is 1.69. The van der Waals surface area contributed by atoms with E-state index in [0.29, 0.717) is 13.2 Å². The highest BCUT2D eigenvalue weighted by Gasteiger charge is 2.08. The zero-order valence-electron chi connectivity index (χ0n) is 13.4. The molecule has 0 heterocycles. The molecule has 0 atom stereocenters. The molecular weight excluding hydrogens is 295 g/mol. The first-order valence-corrected chi connectivity index (χ1v) is 7.52. The zero-order chi connectivity index (χ0) is 16.7. The van der Waals surface area contributed by atoms with E-state index in [1.807, 2.05) is 43.1 Å². The van der Waals surface area contributed by atoms with Crippen molar-refractivity contribution in [1.82, 2.24) is 4.90 Å². The third-order valence-corrected chi connectivity index (χ3v) is 3.23. The molecule has 0 bridgehead atoms. The van der Waals surface area contributed by atoms with Crippen LogP contribution in [0.1, 0.15) is 12.5 Å².